The number of aliphatic hydroxyl groups is 1. The largest absolute Gasteiger partial charge is 0.484 e. The van der Waals surface area contributed by atoms with Crippen molar-refractivity contribution in [2.45, 2.75) is 19.3 Å². The summed E-state index contributed by atoms with van der Waals surface area (Å²) in [6, 6.07) is 7.12. The summed E-state index contributed by atoms with van der Waals surface area (Å²) in [6.45, 7) is 0.572. The van der Waals surface area contributed by atoms with Crippen molar-refractivity contribution < 1.29 is 14.6 Å². The molecule has 2 aromatic rings. The maximum absolute atomic E-state index is 11.8. The van der Waals surface area contributed by atoms with Crippen LogP contribution in [0.15, 0.2) is 30.6 Å². The molecule has 8 heteroatoms. The Morgan fingerprint density at radius 2 is 2.13 bits per heavy atom. The topological polar surface area (TPSA) is 102 Å². The molecule has 1 aromatic heterocycles. The van der Waals surface area contributed by atoms with Crippen molar-refractivity contribution in [2.24, 2.45) is 5.41 Å². The Bertz CT molecular complexity index is 632. The number of benzene rings is 1. The summed E-state index contributed by atoms with van der Waals surface area (Å²) in [6.07, 6.45) is 4.54. The molecule has 0 saturated heterocycles. The zero-order valence-electron chi connectivity index (χ0n) is 12.7. The Morgan fingerprint density at radius 1 is 1.35 bits per heavy atom. The van der Waals surface area contributed by atoms with Gasteiger partial charge in [-0.1, -0.05) is 6.42 Å². The second kappa shape index (κ2) is 6.74. The van der Waals surface area contributed by atoms with Crippen LogP contribution in [-0.2, 0) is 4.79 Å². The number of hydrogen-bond donors (Lipinski definition) is 2. The van der Waals surface area contributed by atoms with Gasteiger partial charge in [0, 0.05) is 12.0 Å². The molecular weight excluding hydrogens is 298 g/mol. The Kier molecular flexibility index (Phi) is 4.52. The normalized spacial score (nSPS) is 15.7. The third-order valence-electron chi connectivity index (χ3n) is 4.23. The lowest BCUT2D eigenvalue weighted by atomic mass is 9.69. The van der Waals surface area contributed by atoms with Gasteiger partial charge in [0.1, 0.15) is 12.1 Å². The maximum Gasteiger partial charge on any atom is 0.257 e. The van der Waals surface area contributed by atoms with Gasteiger partial charge < -0.3 is 15.2 Å². The first-order valence-electron chi connectivity index (χ1n) is 7.55. The summed E-state index contributed by atoms with van der Waals surface area (Å²) in [7, 11) is 0. The van der Waals surface area contributed by atoms with Gasteiger partial charge in [0.2, 0.25) is 0 Å². The van der Waals surface area contributed by atoms with E-state index in [0.717, 1.165) is 24.9 Å². The first kappa shape index (κ1) is 15.4. The van der Waals surface area contributed by atoms with Crippen molar-refractivity contribution in [3.8, 4) is 11.4 Å². The zero-order chi connectivity index (χ0) is 16.1. The Labute approximate surface area is 133 Å². The van der Waals surface area contributed by atoms with Crippen molar-refractivity contribution in [1.29, 1.82) is 0 Å². The molecule has 1 saturated carbocycles. The second-order valence-electron chi connectivity index (χ2n) is 5.83. The minimum absolute atomic E-state index is 0.0499. The number of amides is 1. The zero-order valence-corrected chi connectivity index (χ0v) is 12.7. The maximum atomic E-state index is 11.8. The van der Waals surface area contributed by atoms with E-state index in [0.29, 0.717) is 12.3 Å². The van der Waals surface area contributed by atoms with E-state index in [9.17, 15) is 9.90 Å². The van der Waals surface area contributed by atoms with Crippen molar-refractivity contribution in [2.75, 3.05) is 19.8 Å². The summed E-state index contributed by atoms with van der Waals surface area (Å²) in [5, 5.41) is 23.1. The summed E-state index contributed by atoms with van der Waals surface area (Å²) in [5.41, 5.74) is 0.685. The molecule has 1 aromatic carbocycles. The van der Waals surface area contributed by atoms with Crippen LogP contribution in [0.5, 0.6) is 5.75 Å². The summed E-state index contributed by atoms with van der Waals surface area (Å²) in [4.78, 5) is 11.8. The Hall–Kier alpha value is -2.48. The van der Waals surface area contributed by atoms with E-state index in [4.69, 9.17) is 4.74 Å². The van der Waals surface area contributed by atoms with E-state index in [2.05, 4.69) is 20.8 Å². The summed E-state index contributed by atoms with van der Waals surface area (Å²) in [5.74, 6) is 0.409. The fourth-order valence-corrected chi connectivity index (χ4v) is 2.53. The van der Waals surface area contributed by atoms with Gasteiger partial charge in [0.25, 0.3) is 5.91 Å². The highest BCUT2D eigenvalue weighted by Gasteiger charge is 2.36. The van der Waals surface area contributed by atoms with E-state index >= 15 is 0 Å². The second-order valence-corrected chi connectivity index (χ2v) is 5.83. The van der Waals surface area contributed by atoms with Crippen LogP contribution in [-0.4, -0.2) is 51.0 Å². The van der Waals surface area contributed by atoms with Crippen molar-refractivity contribution in [1.82, 2.24) is 25.5 Å². The lowest BCUT2D eigenvalue weighted by molar-refractivity contribution is -0.124. The number of ether oxygens (including phenoxy) is 1. The Balaban J connectivity index is 1.45. The highest BCUT2D eigenvalue weighted by molar-refractivity contribution is 5.77. The number of hydrogen-bond acceptors (Lipinski definition) is 6. The van der Waals surface area contributed by atoms with E-state index in [1.54, 1.807) is 24.3 Å². The molecular formula is C15H19N5O3. The molecule has 0 bridgehead atoms. The molecule has 23 heavy (non-hydrogen) atoms. The number of rotatable bonds is 7. The SMILES string of the molecule is O=C(COc1ccc(-n2cnnn2)cc1)NCC1(CO)CCC1. The standard InChI is InChI=1S/C15H19N5O3/c21-10-15(6-1-7-15)9-16-14(22)8-23-13-4-2-12(3-5-13)20-11-17-18-19-20/h2-5,11,21H,1,6-10H2,(H,16,22). The first-order chi connectivity index (χ1) is 11.2. The van der Waals surface area contributed by atoms with Gasteiger partial charge >= 0.3 is 0 Å². The molecule has 0 spiro atoms. The van der Waals surface area contributed by atoms with Crippen LogP contribution >= 0.6 is 0 Å². The van der Waals surface area contributed by atoms with E-state index in [-0.39, 0.29) is 24.5 Å². The fourth-order valence-electron chi connectivity index (χ4n) is 2.53. The number of nitrogens with zero attached hydrogens (tertiary/aromatic N) is 4. The van der Waals surface area contributed by atoms with E-state index in [1.165, 1.54) is 11.0 Å². The van der Waals surface area contributed by atoms with Gasteiger partial charge in [-0.25, -0.2) is 4.68 Å². The van der Waals surface area contributed by atoms with Crippen molar-refractivity contribution >= 4 is 5.91 Å². The Morgan fingerprint density at radius 3 is 2.70 bits per heavy atom. The van der Waals surface area contributed by atoms with E-state index in [1.807, 2.05) is 0 Å². The third-order valence-corrected chi connectivity index (χ3v) is 4.23. The van der Waals surface area contributed by atoms with Crippen LogP contribution in [0.4, 0.5) is 0 Å². The van der Waals surface area contributed by atoms with Crippen LogP contribution in [0.3, 0.4) is 0 Å². The molecule has 0 aliphatic heterocycles. The van der Waals surface area contributed by atoms with Gasteiger partial charge in [-0.15, -0.1) is 5.10 Å². The molecule has 0 atom stereocenters. The van der Waals surface area contributed by atoms with E-state index < -0.39 is 0 Å². The highest BCUT2D eigenvalue weighted by atomic mass is 16.5. The minimum atomic E-state index is -0.186. The van der Waals surface area contributed by atoms with Crippen LogP contribution < -0.4 is 10.1 Å². The number of tetrazole rings is 1. The molecule has 1 aliphatic rings. The number of aromatic nitrogens is 4. The average molecular weight is 317 g/mol. The molecule has 1 aliphatic carbocycles. The predicted octanol–water partition coefficient (Wildman–Crippen LogP) is 0.320. The summed E-state index contributed by atoms with van der Waals surface area (Å²) < 4.78 is 6.99. The minimum Gasteiger partial charge on any atom is -0.484 e. The number of carbonyl (C=O) groups excluding carboxylic acids is 1. The van der Waals surface area contributed by atoms with Crippen LogP contribution in [0, 0.1) is 5.41 Å². The third kappa shape index (κ3) is 3.65. The highest BCUT2D eigenvalue weighted by Crippen LogP contribution is 2.39. The summed E-state index contributed by atoms with van der Waals surface area (Å²) >= 11 is 0. The van der Waals surface area contributed by atoms with Crippen LogP contribution in [0.2, 0.25) is 0 Å². The lowest BCUT2D eigenvalue weighted by Gasteiger charge is -2.40. The van der Waals surface area contributed by atoms with Gasteiger partial charge in [0.15, 0.2) is 6.61 Å². The molecule has 0 radical (unpaired) electrons. The van der Waals surface area contributed by atoms with Crippen molar-refractivity contribution in [3.05, 3.63) is 30.6 Å². The molecule has 1 heterocycles. The predicted molar refractivity (Wildman–Crippen MR) is 81.0 cm³/mol. The van der Waals surface area contributed by atoms with Gasteiger partial charge in [-0.3, -0.25) is 4.79 Å². The average Bonchev–Trinajstić information content (AvgIpc) is 3.07. The number of nitrogens with one attached hydrogen (secondary N) is 1. The number of aliphatic hydroxyl groups excluding tert-OH is 1. The number of carbonyl (C=O) groups is 1. The molecule has 1 amide bonds. The van der Waals surface area contributed by atoms with Crippen molar-refractivity contribution in [3.63, 3.8) is 0 Å². The molecule has 2 N–H and O–H groups in total. The lowest BCUT2D eigenvalue weighted by Crippen LogP contribution is -2.45. The molecule has 8 nitrogen and oxygen atoms in total. The quantitative estimate of drug-likeness (QED) is 0.762. The van der Waals surface area contributed by atoms with Gasteiger partial charge in [-0.2, -0.15) is 0 Å². The molecule has 1 fully saturated rings. The smallest absolute Gasteiger partial charge is 0.257 e. The molecule has 122 valence electrons. The fraction of sp³-hybridized carbons (Fsp3) is 0.467. The van der Waals surface area contributed by atoms with Gasteiger partial charge in [0.05, 0.1) is 12.3 Å². The van der Waals surface area contributed by atoms with Crippen LogP contribution in [0.1, 0.15) is 19.3 Å². The van der Waals surface area contributed by atoms with Gasteiger partial charge in [-0.05, 0) is 47.5 Å². The molecule has 3 rings (SSSR count). The first-order valence-corrected chi connectivity index (χ1v) is 7.55. The monoisotopic (exact) mass is 317 g/mol. The van der Waals surface area contributed by atoms with Crippen LogP contribution in [0.25, 0.3) is 5.69 Å². The molecule has 0 unspecified atom stereocenters.